The van der Waals surface area contributed by atoms with Crippen LogP contribution >= 0.6 is 0 Å². The van der Waals surface area contributed by atoms with Crippen molar-refractivity contribution in [3.8, 4) is 12.3 Å². The van der Waals surface area contributed by atoms with Crippen molar-refractivity contribution in [2.75, 3.05) is 33.4 Å². The summed E-state index contributed by atoms with van der Waals surface area (Å²) >= 11 is 0. The Morgan fingerprint density at radius 2 is 2.29 bits per heavy atom. The first-order chi connectivity index (χ1) is 8.06. The van der Waals surface area contributed by atoms with Crippen LogP contribution in [-0.4, -0.2) is 66.3 Å². The fraction of sp³-hybridized carbons (Fsp3) is 0.636. The van der Waals surface area contributed by atoms with Gasteiger partial charge in [0.1, 0.15) is 6.54 Å². The molecule has 0 aliphatic carbocycles. The Kier molecular flexibility index (Phi) is 4.79. The molecule has 0 aromatic rings. The van der Waals surface area contributed by atoms with Gasteiger partial charge in [-0.3, -0.25) is 4.79 Å². The third-order valence-electron chi connectivity index (χ3n) is 2.63. The number of carboxylic acid groups (broad SMARTS) is 1. The van der Waals surface area contributed by atoms with E-state index < -0.39 is 5.97 Å². The number of ether oxygens (including phenoxy) is 1. The Hall–Kier alpha value is -1.74. The van der Waals surface area contributed by atoms with Gasteiger partial charge in [0.25, 0.3) is 0 Å². The molecule has 0 aromatic carbocycles. The number of terminal acetylenes is 1. The molecule has 1 aliphatic heterocycles. The Labute approximate surface area is 100 Å². The Morgan fingerprint density at radius 3 is 2.76 bits per heavy atom. The van der Waals surface area contributed by atoms with Crippen LogP contribution in [0.1, 0.15) is 6.42 Å². The number of aliphatic carboxylic acids is 1. The van der Waals surface area contributed by atoms with Crippen molar-refractivity contribution in [1.82, 2.24) is 9.80 Å². The lowest BCUT2D eigenvalue weighted by Crippen LogP contribution is -2.48. The predicted octanol–water partition coefficient (Wildman–Crippen LogP) is -0.153. The second-order valence-electron chi connectivity index (χ2n) is 3.86. The fourth-order valence-corrected chi connectivity index (χ4v) is 1.67. The molecule has 1 unspecified atom stereocenters. The van der Waals surface area contributed by atoms with Gasteiger partial charge in [-0.2, -0.15) is 0 Å². The molecule has 17 heavy (non-hydrogen) atoms. The number of rotatable bonds is 4. The molecule has 0 radical (unpaired) electrons. The number of carboxylic acids is 1. The lowest BCUT2D eigenvalue weighted by molar-refractivity contribution is -0.137. The summed E-state index contributed by atoms with van der Waals surface area (Å²) in [5, 5.41) is 8.70. The van der Waals surface area contributed by atoms with Crippen LogP contribution < -0.4 is 0 Å². The molecule has 2 amide bonds. The maximum Gasteiger partial charge on any atom is 0.323 e. The molecule has 1 heterocycles. The van der Waals surface area contributed by atoms with E-state index in [1.165, 1.54) is 4.90 Å². The van der Waals surface area contributed by atoms with Gasteiger partial charge in [0.15, 0.2) is 0 Å². The molecular formula is C11H16N2O4. The Bertz CT molecular complexity index is 331. The number of carbonyl (C=O) groups is 2. The van der Waals surface area contributed by atoms with Gasteiger partial charge >= 0.3 is 12.0 Å². The maximum absolute atomic E-state index is 12.0. The highest BCUT2D eigenvalue weighted by molar-refractivity contribution is 5.80. The van der Waals surface area contributed by atoms with Gasteiger partial charge in [-0.15, -0.1) is 6.42 Å². The smallest absolute Gasteiger partial charge is 0.323 e. The van der Waals surface area contributed by atoms with E-state index in [4.69, 9.17) is 16.3 Å². The van der Waals surface area contributed by atoms with E-state index in [2.05, 4.69) is 5.92 Å². The molecule has 0 saturated carbocycles. The molecule has 1 fully saturated rings. The van der Waals surface area contributed by atoms with Gasteiger partial charge in [-0.05, 0) is 6.42 Å². The number of carbonyl (C=O) groups excluding carboxylic acids is 1. The minimum Gasteiger partial charge on any atom is -0.480 e. The van der Waals surface area contributed by atoms with Crippen molar-refractivity contribution >= 4 is 12.0 Å². The third kappa shape index (κ3) is 3.64. The molecule has 1 N–H and O–H groups in total. The normalized spacial score (nSPS) is 18.5. The van der Waals surface area contributed by atoms with Gasteiger partial charge in [0.05, 0.1) is 19.2 Å². The van der Waals surface area contributed by atoms with Crippen molar-refractivity contribution in [2.24, 2.45) is 0 Å². The van der Waals surface area contributed by atoms with Crippen molar-refractivity contribution in [3.63, 3.8) is 0 Å². The molecular weight excluding hydrogens is 224 g/mol. The van der Waals surface area contributed by atoms with E-state index >= 15 is 0 Å². The second-order valence-corrected chi connectivity index (χ2v) is 3.86. The van der Waals surface area contributed by atoms with Crippen molar-refractivity contribution in [3.05, 3.63) is 0 Å². The first kappa shape index (κ1) is 13.3. The van der Waals surface area contributed by atoms with Crippen LogP contribution in [0.2, 0.25) is 0 Å². The predicted molar refractivity (Wildman–Crippen MR) is 60.4 cm³/mol. The third-order valence-corrected chi connectivity index (χ3v) is 2.63. The summed E-state index contributed by atoms with van der Waals surface area (Å²) in [6.07, 6.45) is 5.88. The van der Waals surface area contributed by atoms with E-state index in [-0.39, 0.29) is 25.2 Å². The molecule has 1 rings (SSSR count). The van der Waals surface area contributed by atoms with E-state index in [9.17, 15) is 9.59 Å². The molecule has 1 saturated heterocycles. The van der Waals surface area contributed by atoms with Crippen LogP contribution in [0, 0.1) is 12.3 Å². The molecule has 6 nitrogen and oxygen atoms in total. The molecule has 6 heteroatoms. The topological polar surface area (TPSA) is 70.1 Å². The summed E-state index contributed by atoms with van der Waals surface area (Å²) in [6, 6.07) is -0.377. The first-order valence-electron chi connectivity index (χ1n) is 5.31. The van der Waals surface area contributed by atoms with Gasteiger partial charge in [-0.25, -0.2) is 4.79 Å². The molecule has 0 spiro atoms. The van der Waals surface area contributed by atoms with Gasteiger partial charge < -0.3 is 19.6 Å². The highest BCUT2D eigenvalue weighted by atomic mass is 16.5. The summed E-state index contributed by atoms with van der Waals surface area (Å²) in [5.41, 5.74) is 0. The molecule has 0 aromatic heterocycles. The Balaban J connectivity index is 2.62. The van der Waals surface area contributed by atoms with Crippen LogP contribution in [-0.2, 0) is 9.53 Å². The number of hydrogen-bond donors (Lipinski definition) is 1. The van der Waals surface area contributed by atoms with Crippen molar-refractivity contribution in [2.45, 2.75) is 12.5 Å². The van der Waals surface area contributed by atoms with Crippen LogP contribution in [0.25, 0.3) is 0 Å². The summed E-state index contributed by atoms with van der Waals surface area (Å²) in [4.78, 5) is 25.2. The zero-order valence-corrected chi connectivity index (χ0v) is 9.76. The van der Waals surface area contributed by atoms with E-state index in [1.54, 1.807) is 7.05 Å². The zero-order chi connectivity index (χ0) is 12.8. The van der Waals surface area contributed by atoms with Crippen molar-refractivity contribution in [1.29, 1.82) is 0 Å². The van der Waals surface area contributed by atoms with Gasteiger partial charge in [-0.1, -0.05) is 5.92 Å². The highest BCUT2D eigenvalue weighted by Crippen LogP contribution is 2.12. The van der Waals surface area contributed by atoms with Gasteiger partial charge in [0, 0.05) is 13.7 Å². The Morgan fingerprint density at radius 1 is 1.59 bits per heavy atom. The number of urea groups is 1. The average Bonchev–Trinajstić information content (AvgIpc) is 2.79. The van der Waals surface area contributed by atoms with Gasteiger partial charge in [0.2, 0.25) is 0 Å². The number of amides is 2. The first-order valence-corrected chi connectivity index (χ1v) is 5.31. The monoisotopic (exact) mass is 240 g/mol. The quantitative estimate of drug-likeness (QED) is 0.694. The summed E-state index contributed by atoms with van der Waals surface area (Å²) in [5.74, 6) is 1.20. The summed E-state index contributed by atoms with van der Waals surface area (Å²) in [6.45, 7) is 0.708. The van der Waals surface area contributed by atoms with Crippen LogP contribution in [0.5, 0.6) is 0 Å². The lowest BCUT2D eigenvalue weighted by Gasteiger charge is -2.29. The summed E-state index contributed by atoms with van der Waals surface area (Å²) in [7, 11) is 1.63. The molecule has 0 bridgehead atoms. The van der Waals surface area contributed by atoms with E-state index in [0.717, 1.165) is 11.3 Å². The average molecular weight is 240 g/mol. The second kappa shape index (κ2) is 6.11. The molecule has 1 atom stereocenters. The minimum atomic E-state index is -1.08. The number of nitrogens with zero attached hydrogens (tertiary/aromatic N) is 2. The van der Waals surface area contributed by atoms with Crippen LogP contribution in [0.15, 0.2) is 0 Å². The van der Waals surface area contributed by atoms with E-state index in [0.29, 0.717) is 13.2 Å². The molecule has 94 valence electrons. The van der Waals surface area contributed by atoms with Crippen LogP contribution in [0.4, 0.5) is 4.79 Å². The minimum absolute atomic E-state index is 0.00318. The highest BCUT2D eigenvalue weighted by Gasteiger charge is 2.28. The van der Waals surface area contributed by atoms with Crippen molar-refractivity contribution < 1.29 is 19.4 Å². The van der Waals surface area contributed by atoms with E-state index in [1.807, 2.05) is 0 Å². The summed E-state index contributed by atoms with van der Waals surface area (Å²) < 4.78 is 5.18. The fourth-order valence-electron chi connectivity index (χ4n) is 1.67. The van der Waals surface area contributed by atoms with Crippen LogP contribution in [0.3, 0.4) is 0 Å². The zero-order valence-electron chi connectivity index (χ0n) is 9.76. The molecule has 1 aliphatic rings. The maximum atomic E-state index is 12.0. The SMILES string of the molecule is C#CCN(CC(=O)O)C(=O)N(C)C1CCOC1. The lowest BCUT2D eigenvalue weighted by atomic mass is 10.2. The largest absolute Gasteiger partial charge is 0.480 e. The number of hydrogen-bond acceptors (Lipinski definition) is 3. The standard InChI is InChI=1S/C11H16N2O4/c1-3-5-13(7-10(14)15)11(16)12(2)9-4-6-17-8-9/h1,9H,4-8H2,2H3,(H,14,15). The number of likely N-dealkylation sites (N-methyl/N-ethyl adjacent to an activating group) is 1.